The minimum Gasteiger partial charge on any atom is -0.436 e. The van der Waals surface area contributed by atoms with Gasteiger partial charge in [-0.2, -0.15) is 5.26 Å². The van der Waals surface area contributed by atoms with Gasteiger partial charge >= 0.3 is 8.53 Å². The van der Waals surface area contributed by atoms with E-state index < -0.39 is 8.53 Å². The van der Waals surface area contributed by atoms with Gasteiger partial charge in [-0.15, -0.1) is 0 Å². The van der Waals surface area contributed by atoms with Crippen LogP contribution >= 0.6 is 8.53 Å². The van der Waals surface area contributed by atoms with Crippen LogP contribution in [0.4, 0.5) is 0 Å². The minimum atomic E-state index is -1.25. The normalized spacial score (nSPS) is 13.4. The topological polar surface area (TPSA) is 45.5 Å². The van der Waals surface area contributed by atoms with Gasteiger partial charge in [0.05, 0.1) is 19.1 Å². The van der Waals surface area contributed by atoms with Crippen molar-refractivity contribution in [2.24, 2.45) is 0 Å². The largest absolute Gasteiger partial charge is 0.436 e. The average molecular weight is 350 g/mol. The van der Waals surface area contributed by atoms with E-state index in [0.29, 0.717) is 25.1 Å². The zero-order valence-electron chi connectivity index (χ0n) is 16.0. The molecule has 0 aromatic heterocycles. The van der Waals surface area contributed by atoms with Gasteiger partial charge in [-0.3, -0.25) is 0 Å². The van der Waals surface area contributed by atoms with Crippen molar-refractivity contribution in [3.8, 4) is 11.8 Å². The molecule has 1 rings (SSSR count). The molecule has 1 unspecified atom stereocenters. The number of benzene rings is 1. The van der Waals surface area contributed by atoms with Crippen molar-refractivity contribution in [3.63, 3.8) is 0 Å². The van der Waals surface area contributed by atoms with Gasteiger partial charge < -0.3 is 9.05 Å². The standard InChI is InChI=1S/C19H31N2O2P/c1-15(2)21(16(3)4)24(22-14-8-13-20)23-18-11-9-17(10-12-18)19(5,6)7/h9-12,15-16H,8,14H2,1-7H3. The average Bonchev–Trinajstić information content (AvgIpc) is 2.46. The van der Waals surface area contributed by atoms with Gasteiger partial charge in [0.1, 0.15) is 5.75 Å². The van der Waals surface area contributed by atoms with Crippen molar-refractivity contribution in [1.29, 1.82) is 5.26 Å². The molecule has 0 aliphatic rings. The molecule has 134 valence electrons. The summed E-state index contributed by atoms with van der Waals surface area (Å²) in [6.07, 6.45) is 0.370. The van der Waals surface area contributed by atoms with Crippen LogP contribution < -0.4 is 4.52 Å². The van der Waals surface area contributed by atoms with E-state index in [-0.39, 0.29) is 5.41 Å². The Bertz CT molecular complexity index is 522. The molecule has 0 saturated heterocycles. The van der Waals surface area contributed by atoms with Crippen molar-refractivity contribution in [3.05, 3.63) is 29.8 Å². The first-order valence-electron chi connectivity index (χ1n) is 8.53. The summed E-state index contributed by atoms with van der Waals surface area (Å²) >= 11 is 0. The Balaban J connectivity index is 2.93. The first-order chi connectivity index (χ1) is 11.2. The summed E-state index contributed by atoms with van der Waals surface area (Å²) < 4.78 is 14.3. The first-order valence-corrected chi connectivity index (χ1v) is 9.66. The zero-order valence-corrected chi connectivity index (χ0v) is 16.9. The molecule has 1 aromatic rings. The van der Waals surface area contributed by atoms with E-state index in [2.05, 4.69) is 71.3 Å². The number of rotatable bonds is 8. The smallest absolute Gasteiger partial charge is 0.321 e. The number of hydrogen-bond acceptors (Lipinski definition) is 4. The third-order valence-corrected chi connectivity index (χ3v) is 5.64. The van der Waals surface area contributed by atoms with Gasteiger partial charge in [0.2, 0.25) is 0 Å². The lowest BCUT2D eigenvalue weighted by Gasteiger charge is -2.35. The van der Waals surface area contributed by atoms with Crippen LogP contribution in [0.5, 0.6) is 5.75 Å². The van der Waals surface area contributed by atoms with Crippen LogP contribution in [0, 0.1) is 11.3 Å². The quantitative estimate of drug-likeness (QED) is 0.450. The molecule has 24 heavy (non-hydrogen) atoms. The fourth-order valence-electron chi connectivity index (χ4n) is 2.39. The van der Waals surface area contributed by atoms with E-state index in [1.165, 1.54) is 5.56 Å². The molecule has 0 bridgehead atoms. The van der Waals surface area contributed by atoms with Crippen LogP contribution in [-0.4, -0.2) is 23.4 Å². The monoisotopic (exact) mass is 350 g/mol. The van der Waals surface area contributed by atoms with Crippen molar-refractivity contribution in [1.82, 2.24) is 4.67 Å². The van der Waals surface area contributed by atoms with Gasteiger partial charge in [0.25, 0.3) is 0 Å². The molecule has 5 heteroatoms. The Labute approximate surface area is 148 Å². The summed E-state index contributed by atoms with van der Waals surface area (Å²) in [6.45, 7) is 15.5. The second-order valence-electron chi connectivity index (χ2n) is 7.41. The van der Waals surface area contributed by atoms with Gasteiger partial charge in [0.15, 0.2) is 0 Å². The fourth-order valence-corrected chi connectivity index (χ4v) is 3.97. The molecular formula is C19H31N2O2P. The van der Waals surface area contributed by atoms with E-state index in [1.54, 1.807) is 0 Å². The molecule has 0 heterocycles. The Morgan fingerprint density at radius 3 is 2.04 bits per heavy atom. The maximum atomic E-state index is 8.76. The molecule has 1 aromatic carbocycles. The maximum Gasteiger partial charge on any atom is 0.321 e. The van der Waals surface area contributed by atoms with Crippen LogP contribution in [0.1, 0.15) is 60.5 Å². The molecule has 0 aliphatic heterocycles. The van der Waals surface area contributed by atoms with Crippen LogP contribution in [0.15, 0.2) is 24.3 Å². The highest BCUT2D eigenvalue weighted by Gasteiger charge is 2.28. The Hall–Kier alpha value is -1.14. The Morgan fingerprint density at radius 1 is 1.08 bits per heavy atom. The summed E-state index contributed by atoms with van der Waals surface area (Å²) in [5.41, 5.74) is 1.39. The van der Waals surface area contributed by atoms with Crippen LogP contribution in [-0.2, 0) is 9.94 Å². The van der Waals surface area contributed by atoms with E-state index in [1.807, 2.05) is 12.1 Å². The van der Waals surface area contributed by atoms with E-state index in [4.69, 9.17) is 14.3 Å². The van der Waals surface area contributed by atoms with E-state index in [0.717, 1.165) is 5.75 Å². The molecule has 0 saturated carbocycles. The van der Waals surface area contributed by atoms with E-state index in [9.17, 15) is 0 Å². The lowest BCUT2D eigenvalue weighted by molar-refractivity contribution is 0.219. The van der Waals surface area contributed by atoms with Gasteiger partial charge in [-0.05, 0) is 50.8 Å². The SMILES string of the molecule is CC(C)N(C(C)C)P(OCCC#N)Oc1ccc(C(C)(C)C)cc1. The Morgan fingerprint density at radius 2 is 1.62 bits per heavy atom. The summed E-state index contributed by atoms with van der Waals surface area (Å²) in [4.78, 5) is 0. The predicted octanol–water partition coefficient (Wildman–Crippen LogP) is 5.64. The molecule has 0 aliphatic carbocycles. The van der Waals surface area contributed by atoms with Gasteiger partial charge in [-0.1, -0.05) is 32.9 Å². The van der Waals surface area contributed by atoms with Gasteiger partial charge in [-0.25, -0.2) is 4.67 Å². The molecule has 0 spiro atoms. The lowest BCUT2D eigenvalue weighted by Crippen LogP contribution is -2.34. The summed E-state index contributed by atoms with van der Waals surface area (Å²) in [6, 6.07) is 10.9. The Kier molecular flexibility index (Phi) is 8.16. The summed E-state index contributed by atoms with van der Waals surface area (Å²) in [5, 5.41) is 8.76. The predicted molar refractivity (Wildman–Crippen MR) is 101 cm³/mol. The van der Waals surface area contributed by atoms with Crippen LogP contribution in [0.3, 0.4) is 0 Å². The molecule has 0 radical (unpaired) electrons. The third kappa shape index (κ3) is 6.40. The third-order valence-electron chi connectivity index (χ3n) is 3.57. The van der Waals surface area contributed by atoms with E-state index >= 15 is 0 Å². The highest BCUT2D eigenvalue weighted by molar-refractivity contribution is 7.45. The summed E-state index contributed by atoms with van der Waals surface area (Å²) in [5.74, 6) is 0.803. The fraction of sp³-hybridized carbons (Fsp3) is 0.632. The lowest BCUT2D eigenvalue weighted by atomic mass is 9.87. The first kappa shape index (κ1) is 20.9. The molecule has 0 fully saturated rings. The number of hydrogen-bond donors (Lipinski definition) is 0. The molecule has 1 atom stereocenters. The van der Waals surface area contributed by atoms with Crippen LogP contribution in [0.25, 0.3) is 0 Å². The number of nitrogens with zero attached hydrogens (tertiary/aromatic N) is 2. The highest BCUT2D eigenvalue weighted by Crippen LogP contribution is 2.46. The van der Waals surface area contributed by atoms with Crippen molar-refractivity contribution in [2.75, 3.05) is 6.61 Å². The number of nitriles is 1. The second kappa shape index (κ2) is 9.37. The minimum absolute atomic E-state index is 0.120. The second-order valence-corrected chi connectivity index (χ2v) is 8.79. The maximum absolute atomic E-state index is 8.76. The van der Waals surface area contributed by atoms with Crippen LogP contribution in [0.2, 0.25) is 0 Å². The zero-order chi connectivity index (χ0) is 18.3. The molecule has 4 nitrogen and oxygen atoms in total. The van der Waals surface area contributed by atoms with Crippen molar-refractivity contribution >= 4 is 8.53 Å². The molecule has 0 N–H and O–H groups in total. The van der Waals surface area contributed by atoms with Gasteiger partial charge in [0, 0.05) is 12.1 Å². The van der Waals surface area contributed by atoms with Crippen molar-refractivity contribution in [2.45, 2.75) is 72.4 Å². The van der Waals surface area contributed by atoms with Crippen molar-refractivity contribution < 1.29 is 9.05 Å². The summed E-state index contributed by atoms with van der Waals surface area (Å²) in [7, 11) is -1.25. The highest BCUT2D eigenvalue weighted by atomic mass is 31.2. The molecule has 0 amide bonds. The molecular weight excluding hydrogens is 319 g/mol.